The Hall–Kier alpha value is -2.69. The van der Waals surface area contributed by atoms with E-state index in [4.69, 9.17) is 0 Å². The molecule has 0 aliphatic carbocycles. The van der Waals surface area contributed by atoms with E-state index in [1.807, 2.05) is 27.7 Å². The van der Waals surface area contributed by atoms with Crippen molar-refractivity contribution in [2.24, 2.45) is 17.3 Å². The summed E-state index contributed by atoms with van der Waals surface area (Å²) < 4.78 is 1.36. The van der Waals surface area contributed by atoms with Crippen LogP contribution in [0.2, 0.25) is 0 Å². The predicted octanol–water partition coefficient (Wildman–Crippen LogP) is 2.58. The number of aromatic nitrogens is 4. The van der Waals surface area contributed by atoms with Crippen LogP contribution >= 0.6 is 0 Å². The number of aryl methyl sites for hydroxylation is 2. The smallest absolute Gasteiger partial charge is 0.294 e. The first-order chi connectivity index (χ1) is 10.3. The van der Waals surface area contributed by atoms with Crippen LogP contribution < -0.4 is 5.56 Å². The molecule has 116 valence electrons. The summed E-state index contributed by atoms with van der Waals surface area (Å²) in [5, 5.41) is 26.9. The zero-order chi connectivity index (χ0) is 16.5. The summed E-state index contributed by atoms with van der Waals surface area (Å²) in [7, 11) is 1.63. The molecule has 8 heteroatoms. The average Bonchev–Trinajstić information content (AvgIpc) is 2.98. The second-order valence-electron chi connectivity index (χ2n) is 6.02. The summed E-state index contributed by atoms with van der Waals surface area (Å²) in [6.45, 7) is 7.83. The molecule has 0 amide bonds. The SMILES string of the molecule is CCc1[nH]nc(N=Nc2c(C(C)(C)C)[nH]n(C)c2=O)c1C#N. The van der Waals surface area contributed by atoms with Gasteiger partial charge in [-0.1, -0.05) is 27.7 Å². The lowest BCUT2D eigenvalue weighted by Gasteiger charge is -2.16. The second-order valence-corrected chi connectivity index (χ2v) is 6.02. The summed E-state index contributed by atoms with van der Waals surface area (Å²) in [5.74, 6) is 0.197. The third-order valence-electron chi connectivity index (χ3n) is 3.31. The van der Waals surface area contributed by atoms with Crippen molar-refractivity contribution in [1.82, 2.24) is 20.0 Å². The number of nitrogens with zero attached hydrogens (tertiary/aromatic N) is 5. The maximum Gasteiger partial charge on any atom is 0.294 e. The monoisotopic (exact) mass is 301 g/mol. The van der Waals surface area contributed by atoms with Gasteiger partial charge in [-0.3, -0.25) is 19.7 Å². The van der Waals surface area contributed by atoms with Gasteiger partial charge in [-0.15, -0.1) is 10.2 Å². The van der Waals surface area contributed by atoms with E-state index in [9.17, 15) is 10.1 Å². The minimum absolute atomic E-state index is 0.197. The molecular weight excluding hydrogens is 282 g/mol. The maximum atomic E-state index is 12.2. The molecule has 0 aliphatic rings. The Morgan fingerprint density at radius 1 is 1.36 bits per heavy atom. The summed E-state index contributed by atoms with van der Waals surface area (Å²) in [6, 6.07) is 2.06. The average molecular weight is 301 g/mol. The highest BCUT2D eigenvalue weighted by Crippen LogP contribution is 2.29. The van der Waals surface area contributed by atoms with E-state index < -0.39 is 0 Å². The standard InChI is InChI=1S/C14H19N7O/c1-6-9-8(7-15)12(18-16-9)19-17-10-11(14(2,3)4)20-21(5)13(10)22/h20H,6H2,1-5H3,(H,16,18). The number of azo groups is 1. The van der Waals surface area contributed by atoms with Crippen LogP contribution in [0.25, 0.3) is 0 Å². The van der Waals surface area contributed by atoms with Gasteiger partial charge in [-0.25, -0.2) is 0 Å². The quantitative estimate of drug-likeness (QED) is 0.849. The van der Waals surface area contributed by atoms with Gasteiger partial charge in [-0.05, 0) is 6.42 Å². The Bertz CT molecular complexity index is 808. The number of aromatic amines is 2. The van der Waals surface area contributed by atoms with Crippen LogP contribution in [-0.4, -0.2) is 20.0 Å². The highest BCUT2D eigenvalue weighted by Gasteiger charge is 2.24. The molecule has 0 bridgehead atoms. The molecule has 2 rings (SSSR count). The zero-order valence-corrected chi connectivity index (χ0v) is 13.4. The fourth-order valence-corrected chi connectivity index (χ4v) is 2.06. The van der Waals surface area contributed by atoms with Gasteiger partial charge in [0.1, 0.15) is 11.6 Å². The summed E-state index contributed by atoms with van der Waals surface area (Å²) in [5.41, 5.74) is 1.43. The van der Waals surface area contributed by atoms with Crippen LogP contribution in [0.4, 0.5) is 11.5 Å². The molecule has 0 unspecified atom stereocenters. The molecule has 2 aromatic rings. The number of nitriles is 1. The normalized spacial score (nSPS) is 12.0. The van der Waals surface area contributed by atoms with Crippen LogP contribution in [0.5, 0.6) is 0 Å². The number of hydrogen-bond donors (Lipinski definition) is 2. The van der Waals surface area contributed by atoms with E-state index in [0.29, 0.717) is 23.4 Å². The topological polar surface area (TPSA) is 115 Å². The Kier molecular flexibility index (Phi) is 3.99. The molecular formula is C14H19N7O. The van der Waals surface area contributed by atoms with Crippen molar-refractivity contribution in [3.05, 3.63) is 27.3 Å². The molecule has 0 radical (unpaired) electrons. The van der Waals surface area contributed by atoms with Crippen molar-refractivity contribution in [3.8, 4) is 6.07 Å². The van der Waals surface area contributed by atoms with Crippen molar-refractivity contribution in [2.75, 3.05) is 0 Å². The molecule has 22 heavy (non-hydrogen) atoms. The van der Waals surface area contributed by atoms with Crippen LogP contribution in [0, 0.1) is 11.3 Å². The molecule has 2 aromatic heterocycles. The summed E-state index contributed by atoms with van der Waals surface area (Å²) in [4.78, 5) is 12.2. The molecule has 2 heterocycles. The van der Waals surface area contributed by atoms with E-state index in [1.54, 1.807) is 7.05 Å². The van der Waals surface area contributed by atoms with Crippen molar-refractivity contribution < 1.29 is 0 Å². The minimum atomic E-state index is -0.285. The van der Waals surface area contributed by atoms with Crippen molar-refractivity contribution in [2.45, 2.75) is 39.5 Å². The number of H-pyrrole nitrogens is 2. The molecule has 0 fully saturated rings. The van der Waals surface area contributed by atoms with E-state index in [-0.39, 0.29) is 22.5 Å². The van der Waals surface area contributed by atoms with Gasteiger partial charge in [0.25, 0.3) is 5.56 Å². The predicted molar refractivity (Wildman–Crippen MR) is 81.6 cm³/mol. The Balaban J connectivity index is 2.50. The first-order valence-corrected chi connectivity index (χ1v) is 6.98. The van der Waals surface area contributed by atoms with E-state index in [1.165, 1.54) is 4.68 Å². The molecule has 0 atom stereocenters. The molecule has 0 saturated carbocycles. The van der Waals surface area contributed by atoms with Gasteiger partial charge in [0, 0.05) is 12.5 Å². The lowest BCUT2D eigenvalue weighted by atomic mass is 9.91. The Labute approximate surface area is 127 Å². The minimum Gasteiger partial charge on any atom is -0.297 e. The molecule has 0 aliphatic heterocycles. The fraction of sp³-hybridized carbons (Fsp3) is 0.500. The van der Waals surface area contributed by atoms with Crippen LogP contribution in [0.1, 0.15) is 44.6 Å². The van der Waals surface area contributed by atoms with Crippen molar-refractivity contribution in [3.63, 3.8) is 0 Å². The van der Waals surface area contributed by atoms with Gasteiger partial charge in [-0.2, -0.15) is 10.4 Å². The molecule has 2 N–H and O–H groups in total. The van der Waals surface area contributed by atoms with Crippen molar-refractivity contribution >= 4 is 11.5 Å². The number of hydrogen-bond acceptors (Lipinski definition) is 5. The lowest BCUT2D eigenvalue weighted by molar-refractivity contribution is 0.552. The van der Waals surface area contributed by atoms with Gasteiger partial charge in [0.05, 0.1) is 11.4 Å². The highest BCUT2D eigenvalue weighted by atomic mass is 16.1. The lowest BCUT2D eigenvalue weighted by Crippen LogP contribution is -2.12. The molecule has 0 saturated heterocycles. The third-order valence-corrected chi connectivity index (χ3v) is 3.31. The van der Waals surface area contributed by atoms with Gasteiger partial charge < -0.3 is 0 Å². The molecule has 0 spiro atoms. The highest BCUT2D eigenvalue weighted by molar-refractivity contribution is 5.51. The number of rotatable bonds is 3. The van der Waals surface area contributed by atoms with Gasteiger partial charge >= 0.3 is 0 Å². The largest absolute Gasteiger partial charge is 0.297 e. The second kappa shape index (κ2) is 5.60. The van der Waals surface area contributed by atoms with Gasteiger partial charge in [0.15, 0.2) is 5.69 Å². The Morgan fingerprint density at radius 3 is 2.59 bits per heavy atom. The number of nitrogens with one attached hydrogen (secondary N) is 2. The van der Waals surface area contributed by atoms with E-state index in [0.717, 1.165) is 0 Å². The zero-order valence-electron chi connectivity index (χ0n) is 13.4. The van der Waals surface area contributed by atoms with Crippen LogP contribution in [0.3, 0.4) is 0 Å². The first-order valence-electron chi connectivity index (χ1n) is 6.98. The van der Waals surface area contributed by atoms with Crippen molar-refractivity contribution in [1.29, 1.82) is 5.26 Å². The summed E-state index contributed by atoms with van der Waals surface area (Å²) >= 11 is 0. The maximum absolute atomic E-state index is 12.2. The summed E-state index contributed by atoms with van der Waals surface area (Å²) in [6.07, 6.45) is 0.643. The van der Waals surface area contributed by atoms with Gasteiger partial charge in [0.2, 0.25) is 5.82 Å². The molecule has 8 nitrogen and oxygen atoms in total. The van der Waals surface area contributed by atoms with E-state index >= 15 is 0 Å². The first kappa shape index (κ1) is 15.7. The van der Waals surface area contributed by atoms with Crippen LogP contribution in [-0.2, 0) is 18.9 Å². The molecule has 0 aromatic carbocycles. The fourth-order valence-electron chi connectivity index (χ4n) is 2.06. The Morgan fingerprint density at radius 2 is 2.05 bits per heavy atom. The van der Waals surface area contributed by atoms with Crippen LogP contribution in [0.15, 0.2) is 15.0 Å². The third kappa shape index (κ3) is 2.70. The van der Waals surface area contributed by atoms with E-state index in [2.05, 4.69) is 31.6 Å².